The van der Waals surface area contributed by atoms with Crippen molar-refractivity contribution >= 4 is 69.3 Å². The van der Waals surface area contributed by atoms with Gasteiger partial charge in [0.1, 0.15) is 22.8 Å². The summed E-state index contributed by atoms with van der Waals surface area (Å²) in [5.74, 6) is 0.751. The molecule has 0 fully saturated rings. The van der Waals surface area contributed by atoms with E-state index in [9.17, 15) is 9.90 Å². The smallest absolute Gasteiger partial charge is 0.250 e. The zero-order valence-corrected chi connectivity index (χ0v) is 23.0. The number of nitrogens with zero attached hydrogens (tertiary/aromatic N) is 1. The van der Waals surface area contributed by atoms with E-state index in [1.54, 1.807) is 42.5 Å². The molecule has 0 saturated carbocycles. The monoisotopic (exact) mass is 577 g/mol. The molecule has 3 aromatic carbocycles. The predicted octanol–water partition coefficient (Wildman–Crippen LogP) is 7.91. The molecule has 39 heavy (non-hydrogen) atoms. The van der Waals surface area contributed by atoms with Crippen molar-refractivity contribution in [2.45, 2.75) is 13.8 Å². The van der Waals surface area contributed by atoms with Crippen LogP contribution in [-0.2, 0) is 4.79 Å². The third kappa shape index (κ3) is 5.83. The van der Waals surface area contributed by atoms with Gasteiger partial charge in [0.25, 0.3) is 0 Å². The van der Waals surface area contributed by atoms with E-state index < -0.39 is 5.91 Å². The first-order valence-corrected chi connectivity index (χ1v) is 12.9. The number of carbonyl (C=O) groups is 1. The number of hydrogen-bond acceptors (Lipinski definition) is 6. The number of benzene rings is 3. The summed E-state index contributed by atoms with van der Waals surface area (Å²) < 4.78 is 11.6. The number of phenolic OH excluding ortho intramolecular Hbond substituents is 1. The Labute approximate surface area is 239 Å². The molecule has 0 saturated heterocycles. The Morgan fingerprint density at radius 3 is 2.64 bits per heavy atom. The average molecular weight is 578 g/mol. The highest BCUT2D eigenvalue weighted by molar-refractivity contribution is 7.80. The number of amides is 1. The van der Waals surface area contributed by atoms with Crippen molar-refractivity contribution in [3.63, 3.8) is 0 Å². The molecule has 2 heterocycles. The van der Waals surface area contributed by atoms with Crippen molar-refractivity contribution in [1.29, 1.82) is 0 Å². The molecule has 5 aromatic rings. The summed E-state index contributed by atoms with van der Waals surface area (Å²) in [5.41, 5.74) is 4.99. The number of phenols is 1. The van der Waals surface area contributed by atoms with Gasteiger partial charge in [0.15, 0.2) is 10.7 Å². The van der Waals surface area contributed by atoms with Gasteiger partial charge in [0.05, 0.1) is 15.6 Å². The van der Waals surface area contributed by atoms with Crippen molar-refractivity contribution < 1.29 is 18.7 Å². The number of nitrogens with one attached hydrogen (secondary N) is 2. The van der Waals surface area contributed by atoms with Crippen molar-refractivity contribution in [3.8, 4) is 28.5 Å². The Hall–Kier alpha value is -4.11. The molecule has 0 spiro atoms. The van der Waals surface area contributed by atoms with Crippen LogP contribution in [0.2, 0.25) is 10.0 Å². The van der Waals surface area contributed by atoms with Gasteiger partial charge in [-0.3, -0.25) is 10.1 Å². The van der Waals surface area contributed by atoms with Gasteiger partial charge in [0.2, 0.25) is 11.8 Å². The minimum absolute atomic E-state index is 0.0515. The van der Waals surface area contributed by atoms with Crippen LogP contribution in [0.3, 0.4) is 0 Å². The van der Waals surface area contributed by atoms with E-state index in [1.165, 1.54) is 18.2 Å². The van der Waals surface area contributed by atoms with Crippen molar-refractivity contribution in [2.75, 3.05) is 5.32 Å². The van der Waals surface area contributed by atoms with Crippen molar-refractivity contribution in [1.82, 2.24) is 10.3 Å². The molecule has 1 amide bonds. The number of aryl methyl sites for hydroxylation is 2. The zero-order chi connectivity index (χ0) is 27.7. The second-order valence-corrected chi connectivity index (χ2v) is 9.95. The second kappa shape index (κ2) is 10.9. The number of oxazole rings is 1. The number of hydrogen-bond donors (Lipinski definition) is 3. The molecule has 0 aliphatic rings. The SMILES string of the molecule is Cc1cc(C)c2oc(-c3ccc(NC(=S)NC(=O)C=Cc4ccc(-c5cccc(Cl)c5Cl)o4)cc3O)nc2c1. The molecule has 3 N–H and O–H groups in total. The summed E-state index contributed by atoms with van der Waals surface area (Å²) in [6.45, 7) is 3.94. The van der Waals surface area contributed by atoms with E-state index in [0.29, 0.717) is 49.9 Å². The van der Waals surface area contributed by atoms with Gasteiger partial charge in [-0.1, -0.05) is 35.3 Å². The summed E-state index contributed by atoms with van der Waals surface area (Å²) in [7, 11) is 0. The molecule has 0 atom stereocenters. The summed E-state index contributed by atoms with van der Waals surface area (Å²) in [6, 6.07) is 17.5. The lowest BCUT2D eigenvalue weighted by Gasteiger charge is -2.09. The minimum atomic E-state index is -0.468. The molecule has 0 aliphatic heterocycles. The second-order valence-electron chi connectivity index (χ2n) is 8.76. The summed E-state index contributed by atoms with van der Waals surface area (Å²) in [5, 5.41) is 16.9. The molecule has 0 unspecified atom stereocenters. The Morgan fingerprint density at radius 2 is 1.85 bits per heavy atom. The Bertz CT molecular complexity index is 1770. The molecule has 10 heteroatoms. The van der Waals surface area contributed by atoms with Crippen LogP contribution < -0.4 is 10.6 Å². The Morgan fingerprint density at radius 1 is 1.03 bits per heavy atom. The number of fused-ring (bicyclic) bond motifs is 1. The van der Waals surface area contributed by atoms with Gasteiger partial charge >= 0.3 is 0 Å². The first-order chi connectivity index (χ1) is 18.7. The minimum Gasteiger partial charge on any atom is -0.507 e. The maximum Gasteiger partial charge on any atom is 0.250 e. The average Bonchev–Trinajstić information content (AvgIpc) is 3.52. The fraction of sp³-hybridized carbons (Fsp3) is 0.0690. The summed E-state index contributed by atoms with van der Waals surface area (Å²) in [4.78, 5) is 16.9. The lowest BCUT2D eigenvalue weighted by Crippen LogP contribution is -2.32. The zero-order valence-electron chi connectivity index (χ0n) is 20.7. The number of aromatic nitrogens is 1. The highest BCUT2D eigenvalue weighted by atomic mass is 35.5. The van der Waals surface area contributed by atoms with E-state index >= 15 is 0 Å². The largest absolute Gasteiger partial charge is 0.507 e. The van der Waals surface area contributed by atoms with Crippen molar-refractivity contribution in [2.24, 2.45) is 0 Å². The summed E-state index contributed by atoms with van der Waals surface area (Å²) >= 11 is 17.6. The number of carbonyl (C=O) groups excluding carboxylic acids is 1. The maximum absolute atomic E-state index is 12.4. The molecule has 5 rings (SSSR count). The van der Waals surface area contributed by atoms with Gasteiger partial charge in [-0.25, -0.2) is 4.98 Å². The summed E-state index contributed by atoms with van der Waals surface area (Å²) in [6.07, 6.45) is 2.79. The van der Waals surface area contributed by atoms with Crippen LogP contribution in [0.15, 0.2) is 75.6 Å². The van der Waals surface area contributed by atoms with E-state index in [2.05, 4.69) is 15.6 Å². The van der Waals surface area contributed by atoms with Gasteiger partial charge in [-0.05, 0) is 85.7 Å². The van der Waals surface area contributed by atoms with Crippen LogP contribution in [0.1, 0.15) is 16.9 Å². The highest BCUT2D eigenvalue weighted by Gasteiger charge is 2.15. The van der Waals surface area contributed by atoms with Crippen LogP contribution in [0.4, 0.5) is 5.69 Å². The number of furan rings is 1. The maximum atomic E-state index is 12.4. The number of halogens is 2. The standard InChI is InChI=1S/C29H21Cl2N3O4S/c1-15-12-16(2)27-22(13-15)33-28(38-27)19-9-6-17(14-23(19)35)32-29(39)34-25(36)11-8-18-7-10-24(37-18)20-4-3-5-21(30)26(20)31/h3-14,35H,1-2H3,(H2,32,34,36,39). The van der Waals surface area contributed by atoms with Crippen LogP contribution in [-0.4, -0.2) is 21.1 Å². The Kier molecular flexibility index (Phi) is 7.43. The van der Waals surface area contributed by atoms with E-state index in [4.69, 9.17) is 44.3 Å². The number of aromatic hydroxyl groups is 1. The normalized spacial score (nSPS) is 11.3. The molecule has 0 radical (unpaired) electrons. The lowest BCUT2D eigenvalue weighted by molar-refractivity contribution is -0.115. The predicted molar refractivity (Wildman–Crippen MR) is 158 cm³/mol. The van der Waals surface area contributed by atoms with Crippen LogP contribution in [0, 0.1) is 13.8 Å². The van der Waals surface area contributed by atoms with Crippen LogP contribution in [0.5, 0.6) is 5.75 Å². The Balaban J connectivity index is 1.21. The van der Waals surface area contributed by atoms with Gasteiger partial charge in [0, 0.05) is 23.4 Å². The van der Waals surface area contributed by atoms with E-state index in [0.717, 1.165) is 16.6 Å². The molecule has 0 bridgehead atoms. The van der Waals surface area contributed by atoms with Crippen molar-refractivity contribution in [3.05, 3.63) is 93.7 Å². The molecular weight excluding hydrogens is 557 g/mol. The topological polar surface area (TPSA) is 101 Å². The molecular formula is C29H21Cl2N3O4S. The molecule has 2 aromatic heterocycles. The highest BCUT2D eigenvalue weighted by Crippen LogP contribution is 2.35. The van der Waals surface area contributed by atoms with Crippen LogP contribution in [0.25, 0.3) is 40.0 Å². The molecule has 0 aliphatic carbocycles. The van der Waals surface area contributed by atoms with E-state index in [-0.39, 0.29) is 10.9 Å². The third-order valence-electron chi connectivity index (χ3n) is 5.79. The van der Waals surface area contributed by atoms with Gasteiger partial charge in [-0.15, -0.1) is 0 Å². The first-order valence-electron chi connectivity index (χ1n) is 11.7. The quantitative estimate of drug-likeness (QED) is 0.144. The van der Waals surface area contributed by atoms with Gasteiger partial charge < -0.3 is 19.3 Å². The van der Waals surface area contributed by atoms with Gasteiger partial charge in [-0.2, -0.15) is 0 Å². The first kappa shape index (κ1) is 26.5. The third-order valence-corrected chi connectivity index (χ3v) is 6.81. The fourth-order valence-corrected chi connectivity index (χ4v) is 4.65. The molecule has 196 valence electrons. The van der Waals surface area contributed by atoms with Crippen LogP contribution >= 0.6 is 35.4 Å². The fourth-order valence-electron chi connectivity index (χ4n) is 4.04. The van der Waals surface area contributed by atoms with E-state index in [1.807, 2.05) is 26.0 Å². The number of anilines is 1. The molecule has 7 nitrogen and oxygen atoms in total. The number of thiocarbonyl (C=S) groups is 1. The number of rotatable bonds is 5. The lowest BCUT2D eigenvalue weighted by atomic mass is 10.1.